The van der Waals surface area contributed by atoms with Gasteiger partial charge < -0.3 is 19.5 Å². The standard InChI is InChI=1S/C13H24F3NO3/c1-3-17-10-9-11(12(10)20-8-7-18-2)19-6-4-5-13(14,15)16/h10-12,17H,3-9H2,1-2H3. The van der Waals surface area contributed by atoms with Gasteiger partial charge in [0.25, 0.3) is 0 Å². The van der Waals surface area contributed by atoms with Gasteiger partial charge in [0.15, 0.2) is 0 Å². The molecule has 1 aliphatic carbocycles. The molecule has 120 valence electrons. The van der Waals surface area contributed by atoms with E-state index in [1.807, 2.05) is 6.92 Å². The minimum atomic E-state index is -4.11. The monoisotopic (exact) mass is 299 g/mol. The topological polar surface area (TPSA) is 39.7 Å². The van der Waals surface area contributed by atoms with Gasteiger partial charge in [0, 0.05) is 26.2 Å². The van der Waals surface area contributed by atoms with Crippen LogP contribution in [-0.4, -0.2) is 57.9 Å². The highest BCUT2D eigenvalue weighted by molar-refractivity contribution is 4.97. The third-order valence-electron chi connectivity index (χ3n) is 3.25. The van der Waals surface area contributed by atoms with Crippen molar-refractivity contribution in [2.45, 2.75) is 50.6 Å². The molecule has 3 unspecified atom stereocenters. The summed E-state index contributed by atoms with van der Waals surface area (Å²) < 4.78 is 52.1. The number of methoxy groups -OCH3 is 1. The summed E-state index contributed by atoms with van der Waals surface area (Å²) in [5.41, 5.74) is 0. The first-order chi connectivity index (χ1) is 9.48. The van der Waals surface area contributed by atoms with Gasteiger partial charge in [0.05, 0.1) is 25.4 Å². The Labute approximate surface area is 117 Å². The van der Waals surface area contributed by atoms with E-state index in [4.69, 9.17) is 14.2 Å². The Hall–Kier alpha value is -0.370. The highest BCUT2D eigenvalue weighted by Gasteiger charge is 2.42. The molecule has 1 fully saturated rings. The van der Waals surface area contributed by atoms with E-state index < -0.39 is 12.6 Å². The lowest BCUT2D eigenvalue weighted by Gasteiger charge is -2.44. The summed E-state index contributed by atoms with van der Waals surface area (Å²) in [5, 5.41) is 3.28. The summed E-state index contributed by atoms with van der Waals surface area (Å²) in [6.07, 6.45) is -4.36. The number of halogens is 3. The smallest absolute Gasteiger partial charge is 0.382 e. The Morgan fingerprint density at radius 2 is 1.90 bits per heavy atom. The fourth-order valence-electron chi connectivity index (χ4n) is 2.20. The van der Waals surface area contributed by atoms with Gasteiger partial charge in [-0.05, 0) is 19.4 Å². The number of nitrogens with one attached hydrogen (secondary N) is 1. The highest BCUT2D eigenvalue weighted by Crippen LogP contribution is 2.28. The van der Waals surface area contributed by atoms with E-state index >= 15 is 0 Å². The van der Waals surface area contributed by atoms with Crippen LogP contribution < -0.4 is 5.32 Å². The van der Waals surface area contributed by atoms with Crippen molar-refractivity contribution in [3.63, 3.8) is 0 Å². The molecular weight excluding hydrogens is 275 g/mol. The zero-order chi connectivity index (χ0) is 15.0. The fourth-order valence-corrected chi connectivity index (χ4v) is 2.20. The zero-order valence-corrected chi connectivity index (χ0v) is 12.0. The maximum atomic E-state index is 12.0. The van der Waals surface area contributed by atoms with E-state index in [2.05, 4.69) is 5.32 Å². The molecule has 0 amide bonds. The molecule has 0 spiro atoms. The molecule has 20 heavy (non-hydrogen) atoms. The summed E-state index contributed by atoms with van der Waals surface area (Å²) in [7, 11) is 1.59. The second kappa shape index (κ2) is 8.81. The number of rotatable bonds is 10. The molecule has 4 nitrogen and oxygen atoms in total. The van der Waals surface area contributed by atoms with Crippen LogP contribution in [0.1, 0.15) is 26.2 Å². The largest absolute Gasteiger partial charge is 0.389 e. The number of hydrogen-bond acceptors (Lipinski definition) is 4. The highest BCUT2D eigenvalue weighted by atomic mass is 19.4. The average Bonchev–Trinajstić information content (AvgIpc) is 2.35. The first-order valence-corrected chi connectivity index (χ1v) is 7.00. The quantitative estimate of drug-likeness (QED) is 0.627. The number of ether oxygens (including phenoxy) is 3. The van der Waals surface area contributed by atoms with E-state index in [1.54, 1.807) is 7.11 Å². The predicted octanol–water partition coefficient (Wildman–Crippen LogP) is 2.13. The first-order valence-electron chi connectivity index (χ1n) is 7.00. The van der Waals surface area contributed by atoms with Crippen molar-refractivity contribution >= 4 is 0 Å². The van der Waals surface area contributed by atoms with Crippen LogP contribution in [0.5, 0.6) is 0 Å². The van der Waals surface area contributed by atoms with E-state index in [0.717, 1.165) is 13.0 Å². The van der Waals surface area contributed by atoms with Crippen molar-refractivity contribution in [2.75, 3.05) is 33.5 Å². The molecule has 1 rings (SSSR count). The van der Waals surface area contributed by atoms with Crippen LogP contribution >= 0.6 is 0 Å². The van der Waals surface area contributed by atoms with Gasteiger partial charge in [-0.1, -0.05) is 6.92 Å². The molecule has 3 atom stereocenters. The van der Waals surface area contributed by atoms with Gasteiger partial charge in [0.2, 0.25) is 0 Å². The van der Waals surface area contributed by atoms with Crippen LogP contribution in [0.15, 0.2) is 0 Å². The molecule has 0 bridgehead atoms. The van der Waals surface area contributed by atoms with E-state index in [9.17, 15) is 13.2 Å². The van der Waals surface area contributed by atoms with E-state index in [0.29, 0.717) is 13.2 Å². The number of alkyl halides is 3. The molecule has 0 aromatic heterocycles. The molecule has 0 saturated heterocycles. The molecule has 0 aromatic rings. The number of hydrogen-bond donors (Lipinski definition) is 1. The normalized spacial score (nSPS) is 26.6. The maximum absolute atomic E-state index is 12.0. The molecule has 0 radical (unpaired) electrons. The maximum Gasteiger partial charge on any atom is 0.389 e. The Kier molecular flexibility index (Phi) is 7.79. The lowest BCUT2D eigenvalue weighted by Crippen LogP contribution is -2.60. The first kappa shape index (κ1) is 17.7. The third kappa shape index (κ3) is 6.39. The van der Waals surface area contributed by atoms with Crippen molar-refractivity contribution in [3.05, 3.63) is 0 Å². The predicted molar refractivity (Wildman–Crippen MR) is 68.7 cm³/mol. The van der Waals surface area contributed by atoms with Gasteiger partial charge in [0.1, 0.15) is 0 Å². The van der Waals surface area contributed by atoms with Gasteiger partial charge in [-0.3, -0.25) is 0 Å². The lowest BCUT2D eigenvalue weighted by atomic mass is 9.85. The molecule has 7 heteroatoms. The SMILES string of the molecule is CCNC1CC(OCCCC(F)(F)F)C1OCCOC. The Morgan fingerprint density at radius 3 is 2.50 bits per heavy atom. The van der Waals surface area contributed by atoms with Crippen LogP contribution in [0.2, 0.25) is 0 Å². The summed E-state index contributed by atoms with van der Waals surface area (Å²) in [6, 6.07) is 0.212. The third-order valence-corrected chi connectivity index (χ3v) is 3.25. The molecule has 0 aromatic carbocycles. The van der Waals surface area contributed by atoms with Gasteiger partial charge >= 0.3 is 6.18 Å². The summed E-state index contributed by atoms with van der Waals surface area (Å²) in [4.78, 5) is 0. The molecule has 1 N–H and O–H groups in total. The summed E-state index contributed by atoms with van der Waals surface area (Å²) >= 11 is 0. The second-order valence-electron chi connectivity index (χ2n) is 4.86. The Bertz CT molecular complexity index is 264. The minimum Gasteiger partial charge on any atom is -0.382 e. The van der Waals surface area contributed by atoms with Crippen molar-refractivity contribution in [3.8, 4) is 0 Å². The Morgan fingerprint density at radius 1 is 1.15 bits per heavy atom. The molecule has 0 aliphatic heterocycles. The lowest BCUT2D eigenvalue weighted by molar-refractivity contribution is -0.162. The molecule has 1 aliphatic rings. The van der Waals surface area contributed by atoms with Crippen molar-refractivity contribution < 1.29 is 27.4 Å². The van der Waals surface area contributed by atoms with Crippen LogP contribution in [0.25, 0.3) is 0 Å². The van der Waals surface area contributed by atoms with Crippen LogP contribution in [-0.2, 0) is 14.2 Å². The average molecular weight is 299 g/mol. The van der Waals surface area contributed by atoms with Crippen molar-refractivity contribution in [1.29, 1.82) is 0 Å². The van der Waals surface area contributed by atoms with Crippen LogP contribution in [0.4, 0.5) is 13.2 Å². The molecule has 0 heterocycles. The van der Waals surface area contributed by atoms with Gasteiger partial charge in [-0.2, -0.15) is 13.2 Å². The van der Waals surface area contributed by atoms with Crippen molar-refractivity contribution in [2.24, 2.45) is 0 Å². The van der Waals surface area contributed by atoms with Crippen molar-refractivity contribution in [1.82, 2.24) is 5.32 Å². The van der Waals surface area contributed by atoms with E-state index in [-0.39, 0.29) is 31.3 Å². The summed E-state index contributed by atoms with van der Waals surface area (Å²) in [6.45, 7) is 3.91. The van der Waals surface area contributed by atoms with Gasteiger partial charge in [-0.15, -0.1) is 0 Å². The van der Waals surface area contributed by atoms with Crippen LogP contribution in [0.3, 0.4) is 0 Å². The second-order valence-corrected chi connectivity index (χ2v) is 4.86. The molecule has 1 saturated carbocycles. The molecular formula is C13H24F3NO3. The van der Waals surface area contributed by atoms with Gasteiger partial charge in [-0.25, -0.2) is 0 Å². The zero-order valence-electron chi connectivity index (χ0n) is 12.0. The van der Waals surface area contributed by atoms with E-state index in [1.165, 1.54) is 0 Å². The minimum absolute atomic E-state index is 0.00331. The Balaban J connectivity index is 2.22. The summed E-state index contributed by atoms with van der Waals surface area (Å²) in [5.74, 6) is 0. The fraction of sp³-hybridized carbons (Fsp3) is 1.00. The number of likely N-dealkylation sites (N-methyl/N-ethyl adjacent to an activating group) is 1. The van der Waals surface area contributed by atoms with Crippen LogP contribution in [0, 0.1) is 0 Å².